The van der Waals surface area contributed by atoms with Gasteiger partial charge in [0.05, 0.1) is 0 Å². The van der Waals surface area contributed by atoms with Crippen molar-refractivity contribution in [1.82, 2.24) is 0 Å². The Morgan fingerprint density at radius 1 is 0.453 bits per heavy atom. The summed E-state index contributed by atoms with van der Waals surface area (Å²) in [4.78, 5) is 5.77. The van der Waals surface area contributed by atoms with Crippen LogP contribution in [0, 0.1) is 26.7 Å². The highest BCUT2D eigenvalue weighted by molar-refractivity contribution is 7.28. The maximum Gasteiger partial charge on any atom is 0.342 e. The van der Waals surface area contributed by atoms with Gasteiger partial charge in [0, 0.05) is 65.5 Å². The average Bonchev–Trinajstić information content (AvgIpc) is 2.98. The van der Waals surface area contributed by atoms with E-state index in [4.69, 9.17) is 4.85 Å². The number of benzene rings is 3. The second-order valence-electron chi connectivity index (χ2n) is 30.4. The first kappa shape index (κ1) is 57.1. The number of hydrogen-bond acceptors (Lipinski definition) is 0. The topological polar surface area (TPSA) is 4.36 Å². The van der Waals surface area contributed by atoms with Gasteiger partial charge in [-0.1, -0.05) is 247 Å². The predicted molar refractivity (Wildman–Crippen MR) is 320 cm³/mol. The maximum atomic E-state index is 5.77. The van der Waals surface area contributed by atoms with E-state index in [9.17, 15) is 0 Å². The monoisotopic (exact) mass is 984 g/mol. The Kier molecular flexibility index (Phi) is 16.9. The van der Waals surface area contributed by atoms with E-state index in [0.717, 1.165) is 0 Å². The molecule has 3 rings (SSSR count). The van der Waals surface area contributed by atoms with E-state index in [1.165, 1.54) is 39.1 Å². The zero-order chi connectivity index (χ0) is 50.1. The van der Waals surface area contributed by atoms with Crippen LogP contribution in [0.3, 0.4) is 0 Å². The zero-order valence-corrected chi connectivity index (χ0v) is 55.4. The molecule has 1 atom stereocenters. The SMILES string of the molecule is Cc1cc(C)c([Si@H]([BH2-]C#[N+]c2c(C(C)(C)C)cc(C(C)(C)C)cc2C(C)(C)C)c2c(C([Si](C)(C)C)[Si](C)(C)C)cc(C([Si](C)(C)C)[Si](C)(C)C)cc2C([Si](C)(C)C)[Si](C)(C)C)c(C)c1. The third kappa shape index (κ3) is 13.5. The average molecular weight is 985 g/mol. The molecule has 0 unspecified atom stereocenters. The van der Waals surface area contributed by atoms with Crippen molar-refractivity contribution in [3.8, 4) is 5.97 Å². The van der Waals surface area contributed by atoms with Gasteiger partial charge in [0.2, 0.25) is 0 Å². The Balaban J connectivity index is 2.89. The van der Waals surface area contributed by atoms with Gasteiger partial charge >= 0.3 is 5.69 Å². The number of hydrogen-bond donors (Lipinski definition) is 0. The van der Waals surface area contributed by atoms with Gasteiger partial charge in [-0.3, -0.25) is 0 Å². The molecule has 0 aliphatic carbocycles. The Morgan fingerprint density at radius 3 is 1.06 bits per heavy atom. The molecule has 0 saturated heterocycles. The third-order valence-corrected chi connectivity index (χ3v) is 46.3. The van der Waals surface area contributed by atoms with Crippen molar-refractivity contribution < 1.29 is 0 Å². The fraction of sp³-hybridized carbons (Fsp3) is 0.655. The van der Waals surface area contributed by atoms with Crippen molar-refractivity contribution in [1.29, 1.82) is 0 Å². The fourth-order valence-corrected chi connectivity index (χ4v) is 56.7. The van der Waals surface area contributed by atoms with E-state index in [1.807, 2.05) is 16.3 Å². The number of aryl methyl sites for hydroxylation is 3. The van der Waals surface area contributed by atoms with E-state index in [1.54, 1.807) is 10.8 Å². The molecule has 358 valence electrons. The van der Waals surface area contributed by atoms with Crippen molar-refractivity contribution in [2.24, 2.45) is 0 Å². The quantitative estimate of drug-likeness (QED) is 0.159. The molecule has 64 heavy (non-hydrogen) atoms. The fourth-order valence-electron chi connectivity index (χ4n) is 13.6. The Morgan fingerprint density at radius 2 is 0.781 bits per heavy atom. The first-order chi connectivity index (χ1) is 28.2. The van der Waals surface area contributed by atoms with Crippen molar-refractivity contribution in [2.75, 3.05) is 0 Å². The normalized spacial score (nSPS) is 14.7. The second kappa shape index (κ2) is 18.9. The molecule has 0 amide bonds. The molecule has 0 heterocycles. The van der Waals surface area contributed by atoms with Gasteiger partial charge in [0.1, 0.15) is 6.87 Å². The van der Waals surface area contributed by atoms with Crippen molar-refractivity contribution >= 4 is 80.0 Å². The van der Waals surface area contributed by atoms with Crippen molar-refractivity contribution in [3.05, 3.63) is 91.3 Å². The molecule has 0 bridgehead atoms. The molecule has 0 aromatic heterocycles. The van der Waals surface area contributed by atoms with Gasteiger partial charge in [-0.15, -0.1) is 0 Å². The van der Waals surface area contributed by atoms with Crippen LogP contribution >= 0.6 is 0 Å². The molecule has 0 spiro atoms. The molecule has 3 aromatic carbocycles. The molecular formula is C55H102BNSi7. The zero-order valence-electron chi connectivity index (χ0n) is 48.2. The predicted octanol–water partition coefficient (Wildman–Crippen LogP) is 15.6. The van der Waals surface area contributed by atoms with Gasteiger partial charge in [0.15, 0.2) is 0 Å². The Labute approximate surface area is 407 Å². The molecular weight excluding hydrogens is 882 g/mol. The standard InChI is InChI=1S/C55H102BNSi7/c1-38-31-39(2)48(40(3)32-38)58(56-37-57-47-45(54(7,8)9)35-42(53(4,5)6)36-46(47)55(10,11)12)49-43(51(61(19,20)21)62(22,23)24)33-41(50(59(13,14)15)60(16,17)18)34-44(49)52(63(25,26)27)64(28,29)30/h31-36,50-52,58H,56H2,1-30H3/t58-/m0/s1. The molecule has 1 nitrogen and oxygen atoms in total. The summed E-state index contributed by atoms with van der Waals surface area (Å²) in [6.45, 7) is 76.7. The lowest BCUT2D eigenvalue weighted by Gasteiger charge is -2.47. The largest absolute Gasteiger partial charge is 0.342 e. The van der Waals surface area contributed by atoms with Crippen LogP contribution < -0.4 is 10.4 Å². The van der Waals surface area contributed by atoms with Gasteiger partial charge in [0.25, 0.3) is 0 Å². The first-order valence-corrected chi connectivity index (χ1v) is 49.2. The summed E-state index contributed by atoms with van der Waals surface area (Å²) in [5, 5.41) is 5.62. The summed E-state index contributed by atoms with van der Waals surface area (Å²) in [5.74, 6) is 4.19. The highest BCUT2D eigenvalue weighted by Gasteiger charge is 2.47. The van der Waals surface area contributed by atoms with Crippen LogP contribution in [0.25, 0.3) is 4.85 Å². The van der Waals surface area contributed by atoms with E-state index >= 15 is 0 Å². The first-order valence-electron chi connectivity index (χ1n) is 25.4. The molecule has 3 aromatic rings. The minimum absolute atomic E-state index is 0.0494. The number of rotatable bonds is 12. The van der Waals surface area contributed by atoms with Gasteiger partial charge in [-0.25, -0.2) is 0 Å². The summed E-state index contributed by atoms with van der Waals surface area (Å²) in [6, 6.07) is 16.0. The second-order valence-corrected chi connectivity index (χ2v) is 67.2. The summed E-state index contributed by atoms with van der Waals surface area (Å²) in [7, 11) is -12.1. The molecule has 9 heteroatoms. The molecule has 0 aliphatic rings. The molecule has 0 aliphatic heterocycles. The van der Waals surface area contributed by atoms with Crippen LogP contribution in [-0.4, -0.2) is 64.0 Å². The highest BCUT2D eigenvalue weighted by atomic mass is 28.4. The summed E-state index contributed by atoms with van der Waals surface area (Å²) in [6.07, 6.45) is 0. The molecule has 0 saturated carbocycles. The van der Waals surface area contributed by atoms with E-state index in [0.29, 0.717) is 15.5 Å². The molecule has 0 fully saturated rings. The third-order valence-electron chi connectivity index (χ3n) is 14.3. The lowest BCUT2D eigenvalue weighted by atomic mass is 9.74. The number of nitrogens with zero attached hydrogens (tertiary/aromatic N) is 1. The van der Waals surface area contributed by atoms with E-state index in [-0.39, 0.29) is 16.2 Å². The summed E-state index contributed by atoms with van der Waals surface area (Å²) >= 11 is 0. The lowest BCUT2D eigenvalue weighted by molar-refractivity contribution is 0.552. The van der Waals surface area contributed by atoms with Gasteiger partial charge in [-0.2, -0.15) is 0 Å². The van der Waals surface area contributed by atoms with Crippen molar-refractivity contribution in [2.45, 2.75) is 233 Å². The Bertz CT molecular complexity index is 2060. The van der Waals surface area contributed by atoms with Crippen LogP contribution in [0.15, 0.2) is 36.4 Å². The van der Waals surface area contributed by atoms with Crippen LogP contribution in [-0.2, 0) is 16.2 Å². The summed E-state index contributed by atoms with van der Waals surface area (Å²) < 4.78 is 0. The van der Waals surface area contributed by atoms with Crippen LogP contribution in [0.2, 0.25) is 118 Å². The van der Waals surface area contributed by atoms with Crippen LogP contribution in [0.4, 0.5) is 5.69 Å². The smallest absolute Gasteiger partial charge is 0.0862 e. The minimum atomic E-state index is -1.93. The van der Waals surface area contributed by atoms with Crippen LogP contribution in [0.5, 0.6) is 0 Å². The molecule has 0 radical (unpaired) electrons. The maximum absolute atomic E-state index is 5.77. The van der Waals surface area contributed by atoms with Gasteiger partial charge in [-0.05, 0) is 84.4 Å². The Hall–Kier alpha value is -1.27. The van der Waals surface area contributed by atoms with E-state index < -0.39 is 64.0 Å². The van der Waals surface area contributed by atoms with Crippen molar-refractivity contribution in [3.63, 3.8) is 0 Å². The summed E-state index contributed by atoms with van der Waals surface area (Å²) in [5.41, 5.74) is 15.1. The molecule has 0 N–H and O–H groups in total. The van der Waals surface area contributed by atoms with Gasteiger partial charge < -0.3 is 0 Å². The minimum Gasteiger partial charge on any atom is -0.0862 e. The van der Waals surface area contributed by atoms with Crippen LogP contribution in [0.1, 0.15) is 128 Å². The van der Waals surface area contributed by atoms with E-state index in [2.05, 4.69) is 243 Å². The lowest BCUT2D eigenvalue weighted by Crippen LogP contribution is -2.59. The highest BCUT2D eigenvalue weighted by Crippen LogP contribution is 2.46.